The van der Waals surface area contributed by atoms with E-state index in [1.165, 1.54) is 30.9 Å². The summed E-state index contributed by atoms with van der Waals surface area (Å²) < 4.78 is 16.6. The van der Waals surface area contributed by atoms with Gasteiger partial charge < -0.3 is 0 Å². The maximum atomic E-state index is 13.1. The first-order valence-corrected chi connectivity index (χ1v) is 12.9. The number of benzene rings is 1. The van der Waals surface area contributed by atoms with Gasteiger partial charge in [0.1, 0.15) is 0 Å². The van der Waals surface area contributed by atoms with Gasteiger partial charge in [0.2, 0.25) is 0 Å². The molecule has 0 N–H and O–H groups in total. The maximum absolute atomic E-state index is 13.1. The van der Waals surface area contributed by atoms with Crippen molar-refractivity contribution >= 4 is 24.1 Å². The molecular weight excluding hydrogens is 399 g/mol. The first-order chi connectivity index (χ1) is 14.0. The summed E-state index contributed by atoms with van der Waals surface area (Å²) in [5, 5.41) is 1.44. The Labute approximate surface area is 179 Å². The summed E-state index contributed by atoms with van der Waals surface area (Å²) >= 11 is 0. The molecule has 2 aliphatic rings. The number of carbonyl (C=O) groups is 2. The molecule has 0 amide bonds. The van der Waals surface area contributed by atoms with E-state index in [1.54, 1.807) is 0 Å². The summed E-state index contributed by atoms with van der Waals surface area (Å²) in [6, 6.07) is 4.44. The molecule has 2 aliphatic heterocycles. The van der Waals surface area contributed by atoms with Crippen LogP contribution in [0.25, 0.3) is 0 Å². The molecule has 1 aromatic rings. The molecule has 0 saturated heterocycles. The summed E-state index contributed by atoms with van der Waals surface area (Å²) in [5.74, 6) is 1.61. The Morgan fingerprint density at radius 3 is 2.10 bits per heavy atom. The SMILES string of the molecule is COC(=O)C1=C(C(=O)OC)P2(c3c(C)cc(C(C)C)cc3C(C)C)(C=C(C)CC2)O1. The molecule has 0 atom stereocenters. The third kappa shape index (κ3) is 3.01. The molecule has 0 radical (unpaired) electrons. The van der Waals surface area contributed by atoms with E-state index in [0.29, 0.717) is 17.4 Å². The summed E-state index contributed by atoms with van der Waals surface area (Å²) in [5.41, 5.74) is 4.69. The van der Waals surface area contributed by atoms with Crippen molar-refractivity contribution in [1.29, 1.82) is 0 Å². The fourth-order valence-corrected chi connectivity index (χ4v) is 11.4. The predicted octanol–water partition coefficient (Wildman–Crippen LogP) is 5.23. The predicted molar refractivity (Wildman–Crippen MR) is 121 cm³/mol. The van der Waals surface area contributed by atoms with Crippen molar-refractivity contribution in [2.45, 2.75) is 59.8 Å². The van der Waals surface area contributed by atoms with Gasteiger partial charge in [-0.2, -0.15) is 0 Å². The van der Waals surface area contributed by atoms with Crippen LogP contribution in [-0.4, -0.2) is 32.3 Å². The molecule has 1 aromatic carbocycles. The Balaban J connectivity index is 2.45. The molecule has 1 spiro atoms. The van der Waals surface area contributed by atoms with Crippen LogP contribution < -0.4 is 5.30 Å². The van der Waals surface area contributed by atoms with Crippen molar-refractivity contribution in [2.24, 2.45) is 0 Å². The Bertz CT molecular complexity index is 988. The molecule has 0 unspecified atom stereocenters. The number of carbonyl (C=O) groups excluding carboxylic acids is 2. The molecule has 30 heavy (non-hydrogen) atoms. The Hall–Kier alpha value is -2.13. The fourth-order valence-electron chi connectivity index (χ4n) is 4.95. The summed E-state index contributed by atoms with van der Waals surface area (Å²) in [6.45, 7) is 9.32. The van der Waals surface area contributed by atoms with E-state index in [-0.39, 0.29) is 11.7 Å². The average molecular weight is 432 g/mol. The first-order valence-electron chi connectivity index (χ1n) is 10.5. The second kappa shape index (κ2) is 7.53. The standard InChI is InChI=1S/C24H33O5P/c1-14(2)18-11-17(6)21(19(12-18)15(3)4)30(10-9-16(5)13-30)22(24(26)28-8)20(29-30)23(25)27-7/h11-15H,9-10H2,1-8H3. The zero-order chi connectivity index (χ0) is 22.5. The summed E-state index contributed by atoms with van der Waals surface area (Å²) in [7, 11) is 2.64. The third-order valence-corrected chi connectivity index (χ3v) is 12.0. The minimum atomic E-state index is -3.50. The van der Waals surface area contributed by atoms with Crippen LogP contribution >= 0.6 is 6.83 Å². The van der Waals surface area contributed by atoms with Gasteiger partial charge in [-0.05, 0) is 0 Å². The van der Waals surface area contributed by atoms with Gasteiger partial charge in [0.25, 0.3) is 0 Å². The second-order valence-electron chi connectivity index (χ2n) is 9.07. The molecule has 164 valence electrons. The van der Waals surface area contributed by atoms with Gasteiger partial charge in [-0.15, -0.1) is 0 Å². The topological polar surface area (TPSA) is 61.8 Å². The van der Waals surface area contributed by atoms with Crippen molar-refractivity contribution in [1.82, 2.24) is 0 Å². The molecule has 0 fully saturated rings. The molecular formula is C24H33O5P. The van der Waals surface area contributed by atoms with Crippen LogP contribution in [0.5, 0.6) is 0 Å². The Morgan fingerprint density at radius 2 is 1.63 bits per heavy atom. The number of allylic oxidation sites excluding steroid dienone is 1. The van der Waals surface area contributed by atoms with Crippen LogP contribution in [0, 0.1) is 6.92 Å². The van der Waals surface area contributed by atoms with Crippen LogP contribution in [0.15, 0.2) is 34.6 Å². The van der Waals surface area contributed by atoms with Crippen molar-refractivity contribution in [2.75, 3.05) is 20.4 Å². The number of hydrogen-bond donors (Lipinski definition) is 0. The number of hydrogen-bond acceptors (Lipinski definition) is 5. The van der Waals surface area contributed by atoms with E-state index >= 15 is 0 Å². The quantitative estimate of drug-likeness (QED) is 0.471. The van der Waals surface area contributed by atoms with Crippen molar-refractivity contribution in [3.63, 3.8) is 0 Å². The van der Waals surface area contributed by atoms with E-state index in [0.717, 1.165) is 17.3 Å². The number of aryl methyl sites for hydroxylation is 1. The molecule has 0 aliphatic carbocycles. The summed E-state index contributed by atoms with van der Waals surface area (Å²) in [6.07, 6.45) is 1.49. The van der Waals surface area contributed by atoms with Gasteiger partial charge in [-0.1, -0.05) is 0 Å². The van der Waals surface area contributed by atoms with Gasteiger partial charge in [0, 0.05) is 0 Å². The second-order valence-corrected chi connectivity index (χ2v) is 13.4. The zero-order valence-corrected chi connectivity index (χ0v) is 20.2. The third-order valence-electron chi connectivity index (χ3n) is 6.33. The number of ether oxygens (including phenoxy) is 2. The normalized spacial score (nSPS) is 20.3. The Kier molecular flexibility index (Phi) is 5.66. The monoisotopic (exact) mass is 432 g/mol. The number of rotatable bonds is 5. The molecule has 3 rings (SSSR count). The van der Waals surface area contributed by atoms with Crippen LogP contribution in [0.2, 0.25) is 0 Å². The summed E-state index contributed by atoms with van der Waals surface area (Å²) in [4.78, 5) is 25.5. The van der Waals surface area contributed by atoms with Crippen LogP contribution in [0.4, 0.5) is 0 Å². The van der Waals surface area contributed by atoms with Gasteiger partial charge in [0.05, 0.1) is 0 Å². The van der Waals surface area contributed by atoms with Crippen molar-refractivity contribution < 1.29 is 23.6 Å². The van der Waals surface area contributed by atoms with E-state index in [9.17, 15) is 9.59 Å². The van der Waals surface area contributed by atoms with E-state index in [4.69, 9.17) is 14.0 Å². The fraction of sp³-hybridized carbons (Fsp3) is 0.500. The zero-order valence-electron chi connectivity index (χ0n) is 19.3. The molecule has 5 nitrogen and oxygen atoms in total. The minimum absolute atomic E-state index is 0.00462. The molecule has 0 aromatic heterocycles. The van der Waals surface area contributed by atoms with Gasteiger partial charge in [-0.25, -0.2) is 0 Å². The Morgan fingerprint density at radius 1 is 1.00 bits per heavy atom. The van der Waals surface area contributed by atoms with Crippen LogP contribution in [0.1, 0.15) is 69.6 Å². The van der Waals surface area contributed by atoms with Gasteiger partial charge in [0.15, 0.2) is 0 Å². The van der Waals surface area contributed by atoms with E-state index in [2.05, 4.69) is 59.5 Å². The van der Waals surface area contributed by atoms with Crippen LogP contribution in [0.3, 0.4) is 0 Å². The van der Waals surface area contributed by atoms with Crippen molar-refractivity contribution in [3.8, 4) is 0 Å². The first kappa shape index (κ1) is 22.6. The molecule has 6 heteroatoms. The molecule has 0 bridgehead atoms. The molecule has 0 saturated carbocycles. The number of methoxy groups -OCH3 is 2. The van der Waals surface area contributed by atoms with Gasteiger partial charge in [-0.3, -0.25) is 0 Å². The van der Waals surface area contributed by atoms with E-state index < -0.39 is 18.8 Å². The van der Waals surface area contributed by atoms with E-state index in [1.807, 2.05) is 0 Å². The average Bonchev–Trinajstić information content (AvgIpc) is 3.04. The van der Waals surface area contributed by atoms with Gasteiger partial charge >= 0.3 is 179 Å². The van der Waals surface area contributed by atoms with Crippen molar-refractivity contribution in [3.05, 3.63) is 51.3 Å². The molecule has 2 heterocycles. The number of esters is 2. The van der Waals surface area contributed by atoms with Crippen LogP contribution in [-0.2, 0) is 23.6 Å².